The number of ether oxygens (including phenoxy) is 1. The van der Waals surface area contributed by atoms with Crippen molar-refractivity contribution in [2.45, 2.75) is 37.2 Å². The number of amides is 2. The number of hydrogen-bond acceptors (Lipinski definition) is 5. The molecule has 4 aromatic carbocycles. The van der Waals surface area contributed by atoms with Crippen LogP contribution < -0.4 is 14.4 Å². The second kappa shape index (κ2) is 15.9. The lowest BCUT2D eigenvalue weighted by Crippen LogP contribution is -2.53. The van der Waals surface area contributed by atoms with Crippen LogP contribution in [0.15, 0.2) is 112 Å². The van der Waals surface area contributed by atoms with Gasteiger partial charge in [-0.25, -0.2) is 8.42 Å². The number of rotatable bonds is 14. The van der Waals surface area contributed by atoms with Gasteiger partial charge in [-0.05, 0) is 60.0 Å². The monoisotopic (exact) mass is 711 g/mol. The number of methoxy groups -OCH3 is 1. The predicted octanol–water partition coefficient (Wildman–Crippen LogP) is 6.47. The average molecular weight is 713 g/mol. The van der Waals surface area contributed by atoms with Gasteiger partial charge in [0.05, 0.1) is 22.7 Å². The molecule has 0 aliphatic rings. The number of halogens is 2. The maximum Gasteiger partial charge on any atom is 0.264 e. The first-order valence-corrected chi connectivity index (χ1v) is 17.0. The van der Waals surface area contributed by atoms with Gasteiger partial charge >= 0.3 is 0 Å². The summed E-state index contributed by atoms with van der Waals surface area (Å²) in [5.41, 5.74) is 1.80. The van der Waals surface area contributed by atoms with Gasteiger partial charge < -0.3 is 15.0 Å². The van der Waals surface area contributed by atoms with Crippen molar-refractivity contribution in [1.29, 1.82) is 0 Å². The summed E-state index contributed by atoms with van der Waals surface area (Å²) < 4.78 is 35.3. The second-order valence-corrected chi connectivity index (χ2v) is 13.5. The van der Waals surface area contributed by atoms with Gasteiger partial charge in [0.2, 0.25) is 11.8 Å². The first-order valence-electron chi connectivity index (χ1n) is 14.4. The molecule has 4 aromatic rings. The highest BCUT2D eigenvalue weighted by Crippen LogP contribution is 2.32. The average Bonchev–Trinajstić information content (AvgIpc) is 3.04. The topological polar surface area (TPSA) is 96.0 Å². The van der Waals surface area contributed by atoms with E-state index < -0.39 is 28.5 Å². The van der Waals surface area contributed by atoms with E-state index in [4.69, 9.17) is 16.3 Å². The van der Waals surface area contributed by atoms with Crippen molar-refractivity contribution in [3.05, 3.63) is 124 Å². The van der Waals surface area contributed by atoms with Crippen LogP contribution in [-0.2, 0) is 32.6 Å². The summed E-state index contributed by atoms with van der Waals surface area (Å²) >= 11 is 9.91. The van der Waals surface area contributed by atoms with E-state index in [2.05, 4.69) is 21.2 Å². The van der Waals surface area contributed by atoms with Crippen molar-refractivity contribution < 1.29 is 22.7 Å². The standard InChI is InChI=1S/C34H35BrClN3O5S/c1-3-19-37-34(41)31(21-25-11-6-4-7-12-25)38(23-26-13-10-14-27(35)20-26)33(40)24-39(28-17-18-32(44-2)30(36)22-28)45(42,43)29-15-8-5-9-16-29/h4-18,20,22,31H,3,19,21,23-24H2,1-2H3,(H,37,41). The zero-order chi connectivity index (χ0) is 32.4. The molecule has 11 heteroatoms. The minimum Gasteiger partial charge on any atom is -0.495 e. The molecule has 0 aromatic heterocycles. The van der Waals surface area contributed by atoms with Crippen molar-refractivity contribution >= 4 is 55.1 Å². The molecule has 0 radical (unpaired) electrons. The SMILES string of the molecule is CCCNC(=O)C(Cc1ccccc1)N(Cc1cccc(Br)c1)C(=O)CN(c1ccc(OC)c(Cl)c1)S(=O)(=O)c1ccccc1. The van der Waals surface area contributed by atoms with Gasteiger partial charge in [-0.3, -0.25) is 13.9 Å². The molecule has 0 spiro atoms. The van der Waals surface area contributed by atoms with E-state index in [1.54, 1.807) is 24.3 Å². The fourth-order valence-corrected chi connectivity index (χ4v) is 6.94. The smallest absolute Gasteiger partial charge is 0.264 e. The predicted molar refractivity (Wildman–Crippen MR) is 181 cm³/mol. The molecule has 0 heterocycles. The number of nitrogens with zero attached hydrogens (tertiary/aromatic N) is 2. The van der Waals surface area contributed by atoms with E-state index in [9.17, 15) is 18.0 Å². The molecule has 0 fully saturated rings. The van der Waals surface area contributed by atoms with E-state index in [0.29, 0.717) is 18.7 Å². The Balaban J connectivity index is 1.81. The fraction of sp³-hybridized carbons (Fsp3) is 0.235. The molecule has 1 N–H and O–H groups in total. The molecule has 8 nitrogen and oxygen atoms in total. The van der Waals surface area contributed by atoms with Gasteiger partial charge in [0.25, 0.3) is 10.0 Å². The summed E-state index contributed by atoms with van der Waals surface area (Å²) in [7, 11) is -2.78. The van der Waals surface area contributed by atoms with Crippen LogP contribution >= 0.6 is 27.5 Å². The Hall–Kier alpha value is -3.86. The molecule has 1 unspecified atom stereocenters. The van der Waals surface area contributed by atoms with Gasteiger partial charge in [0, 0.05) is 24.0 Å². The maximum absolute atomic E-state index is 14.5. The van der Waals surface area contributed by atoms with Crippen molar-refractivity contribution in [1.82, 2.24) is 10.2 Å². The van der Waals surface area contributed by atoms with Gasteiger partial charge in [-0.2, -0.15) is 0 Å². The van der Waals surface area contributed by atoms with Crippen LogP contribution in [0, 0.1) is 0 Å². The number of sulfonamides is 1. The third kappa shape index (κ3) is 8.87. The normalized spacial score (nSPS) is 11.8. The maximum atomic E-state index is 14.5. The van der Waals surface area contributed by atoms with Crippen LogP contribution in [0.1, 0.15) is 24.5 Å². The minimum atomic E-state index is -4.24. The van der Waals surface area contributed by atoms with Gasteiger partial charge in [0.15, 0.2) is 0 Å². The lowest BCUT2D eigenvalue weighted by Gasteiger charge is -2.34. The van der Waals surface area contributed by atoms with Crippen LogP contribution in [0.5, 0.6) is 5.75 Å². The number of hydrogen-bond donors (Lipinski definition) is 1. The van der Waals surface area contributed by atoms with Crippen LogP contribution in [0.25, 0.3) is 0 Å². The zero-order valence-electron chi connectivity index (χ0n) is 25.0. The first-order chi connectivity index (χ1) is 21.6. The summed E-state index contributed by atoms with van der Waals surface area (Å²) in [4.78, 5) is 29.7. The van der Waals surface area contributed by atoms with Gasteiger partial charge in [-0.1, -0.05) is 95.1 Å². The number of nitrogens with one attached hydrogen (secondary N) is 1. The highest BCUT2D eigenvalue weighted by Gasteiger charge is 2.34. The van der Waals surface area contributed by atoms with Crippen LogP contribution in [0.4, 0.5) is 5.69 Å². The molecule has 0 bridgehead atoms. The van der Waals surface area contributed by atoms with Gasteiger partial charge in [-0.15, -0.1) is 0 Å². The molecule has 236 valence electrons. The summed E-state index contributed by atoms with van der Waals surface area (Å²) in [5, 5.41) is 3.12. The van der Waals surface area contributed by atoms with E-state index in [-0.39, 0.29) is 34.5 Å². The minimum absolute atomic E-state index is 0.00445. The van der Waals surface area contributed by atoms with Crippen LogP contribution in [0.2, 0.25) is 5.02 Å². The molecule has 0 saturated carbocycles. The van der Waals surface area contributed by atoms with Crippen molar-refractivity contribution in [3.8, 4) is 5.75 Å². The summed E-state index contributed by atoms with van der Waals surface area (Å²) in [5.74, 6) is -0.529. The Labute approximate surface area is 278 Å². The Morgan fingerprint density at radius 3 is 2.20 bits per heavy atom. The third-order valence-corrected chi connectivity index (χ3v) is 9.67. The Bertz CT molecular complexity index is 1710. The fourth-order valence-electron chi connectivity index (χ4n) is 4.81. The lowest BCUT2D eigenvalue weighted by atomic mass is 10.0. The van der Waals surface area contributed by atoms with Crippen molar-refractivity contribution in [3.63, 3.8) is 0 Å². The molecule has 1 atom stereocenters. The molecule has 4 rings (SSSR count). The third-order valence-electron chi connectivity index (χ3n) is 7.10. The Kier molecular flexibility index (Phi) is 12.0. The summed E-state index contributed by atoms with van der Waals surface area (Å²) in [6.45, 7) is 1.86. The highest BCUT2D eigenvalue weighted by molar-refractivity contribution is 9.10. The van der Waals surface area contributed by atoms with E-state index in [1.165, 1.54) is 36.3 Å². The highest BCUT2D eigenvalue weighted by atomic mass is 79.9. The zero-order valence-corrected chi connectivity index (χ0v) is 28.2. The van der Waals surface area contributed by atoms with Crippen LogP contribution in [-0.4, -0.2) is 51.4 Å². The van der Waals surface area contributed by atoms with E-state index in [0.717, 1.165) is 19.9 Å². The molecule has 45 heavy (non-hydrogen) atoms. The number of anilines is 1. The van der Waals surface area contributed by atoms with E-state index >= 15 is 0 Å². The number of carbonyl (C=O) groups excluding carboxylic acids is 2. The number of carbonyl (C=O) groups is 2. The summed E-state index contributed by atoms with van der Waals surface area (Å²) in [6.07, 6.45) is 0.945. The Morgan fingerprint density at radius 1 is 0.911 bits per heavy atom. The molecular formula is C34H35BrClN3O5S. The van der Waals surface area contributed by atoms with Gasteiger partial charge in [0.1, 0.15) is 18.3 Å². The number of benzene rings is 4. The van der Waals surface area contributed by atoms with E-state index in [1.807, 2.05) is 61.5 Å². The second-order valence-electron chi connectivity index (χ2n) is 10.3. The molecular weight excluding hydrogens is 678 g/mol. The quantitative estimate of drug-likeness (QED) is 0.162. The van der Waals surface area contributed by atoms with Crippen molar-refractivity contribution in [2.24, 2.45) is 0 Å². The lowest BCUT2D eigenvalue weighted by molar-refractivity contribution is -0.140. The largest absolute Gasteiger partial charge is 0.495 e. The van der Waals surface area contributed by atoms with Crippen molar-refractivity contribution in [2.75, 3.05) is 24.5 Å². The molecule has 0 aliphatic carbocycles. The van der Waals surface area contributed by atoms with Crippen LogP contribution in [0.3, 0.4) is 0 Å². The first kappa shape index (κ1) is 34.0. The molecule has 0 aliphatic heterocycles. The Morgan fingerprint density at radius 2 is 1.58 bits per heavy atom. The molecule has 0 saturated heterocycles. The molecule has 2 amide bonds. The summed E-state index contributed by atoms with van der Waals surface area (Å²) in [6, 6.07) is 28.3.